The molecule has 0 spiro atoms. The van der Waals surface area contributed by atoms with Crippen LogP contribution in [-0.2, 0) is 16.2 Å². The SMILES string of the molecule is CCOc1cc(/C=C2\C(=O)NC(=O)N(c3cccc(Cl)c3)C2=O)cc(Br)c1OCc1cccc(Cl)c1. The van der Waals surface area contributed by atoms with E-state index in [4.69, 9.17) is 32.7 Å². The van der Waals surface area contributed by atoms with E-state index in [-0.39, 0.29) is 17.9 Å². The Morgan fingerprint density at radius 2 is 1.69 bits per heavy atom. The van der Waals surface area contributed by atoms with Crippen molar-refractivity contribution < 1.29 is 23.9 Å². The number of hydrogen-bond donors (Lipinski definition) is 1. The number of hydrogen-bond acceptors (Lipinski definition) is 5. The second-order valence-electron chi connectivity index (χ2n) is 7.62. The van der Waals surface area contributed by atoms with Crippen LogP contribution in [0.5, 0.6) is 11.5 Å². The van der Waals surface area contributed by atoms with Crippen molar-refractivity contribution >= 4 is 68.7 Å². The lowest BCUT2D eigenvalue weighted by molar-refractivity contribution is -0.122. The van der Waals surface area contributed by atoms with Crippen molar-refractivity contribution in [3.63, 3.8) is 0 Å². The number of amides is 4. The fourth-order valence-corrected chi connectivity index (χ4v) is 4.50. The van der Waals surface area contributed by atoms with E-state index < -0.39 is 17.8 Å². The van der Waals surface area contributed by atoms with Crippen molar-refractivity contribution in [2.45, 2.75) is 13.5 Å². The van der Waals surface area contributed by atoms with Gasteiger partial charge in [0.25, 0.3) is 11.8 Å². The van der Waals surface area contributed by atoms with Gasteiger partial charge in [-0.3, -0.25) is 14.9 Å². The van der Waals surface area contributed by atoms with Crippen molar-refractivity contribution in [2.24, 2.45) is 0 Å². The van der Waals surface area contributed by atoms with E-state index in [2.05, 4.69) is 21.2 Å². The fourth-order valence-electron chi connectivity index (χ4n) is 3.53. The maximum atomic E-state index is 13.2. The van der Waals surface area contributed by atoms with E-state index in [0.29, 0.717) is 38.2 Å². The van der Waals surface area contributed by atoms with E-state index in [0.717, 1.165) is 10.5 Å². The first-order valence-electron chi connectivity index (χ1n) is 10.8. The van der Waals surface area contributed by atoms with Crippen molar-refractivity contribution in [1.82, 2.24) is 5.32 Å². The van der Waals surface area contributed by atoms with Crippen LogP contribution < -0.4 is 19.7 Å². The second-order valence-corrected chi connectivity index (χ2v) is 9.35. The Bertz CT molecular complexity index is 1390. The molecule has 184 valence electrons. The lowest BCUT2D eigenvalue weighted by atomic mass is 10.1. The molecule has 1 heterocycles. The maximum absolute atomic E-state index is 13.2. The highest BCUT2D eigenvalue weighted by Crippen LogP contribution is 2.38. The van der Waals surface area contributed by atoms with Crippen molar-refractivity contribution in [1.29, 1.82) is 0 Å². The van der Waals surface area contributed by atoms with Crippen LogP contribution in [0, 0.1) is 0 Å². The molecule has 1 saturated heterocycles. The van der Waals surface area contributed by atoms with Gasteiger partial charge in [0, 0.05) is 10.0 Å². The van der Waals surface area contributed by atoms with Gasteiger partial charge >= 0.3 is 6.03 Å². The van der Waals surface area contributed by atoms with E-state index in [1.807, 2.05) is 19.1 Å². The molecule has 0 aliphatic carbocycles. The van der Waals surface area contributed by atoms with Crippen LogP contribution in [0.15, 0.2) is 70.7 Å². The molecule has 1 aliphatic rings. The Labute approximate surface area is 225 Å². The van der Waals surface area contributed by atoms with E-state index in [1.165, 1.54) is 12.1 Å². The second kappa shape index (κ2) is 11.2. The first-order valence-corrected chi connectivity index (χ1v) is 12.3. The smallest absolute Gasteiger partial charge is 0.335 e. The molecule has 0 saturated carbocycles. The summed E-state index contributed by atoms with van der Waals surface area (Å²) in [4.78, 5) is 39.0. The zero-order chi connectivity index (χ0) is 25.8. The Morgan fingerprint density at radius 1 is 0.972 bits per heavy atom. The summed E-state index contributed by atoms with van der Waals surface area (Å²) in [6.07, 6.45) is 1.38. The zero-order valence-electron chi connectivity index (χ0n) is 18.9. The molecule has 0 radical (unpaired) electrons. The standard InChI is InChI=1S/C26H19BrCl2N2O5/c1-2-35-22-12-16(11-21(27)23(22)36-14-15-5-3-6-17(28)9-15)10-20-24(32)30-26(34)31(25(20)33)19-8-4-7-18(29)13-19/h3-13H,2,14H2,1H3,(H,30,32,34)/b20-10+. The molecular weight excluding hydrogens is 571 g/mol. The number of benzene rings is 3. The van der Waals surface area contributed by atoms with Gasteiger partial charge < -0.3 is 9.47 Å². The van der Waals surface area contributed by atoms with Gasteiger partial charge in [-0.05, 0) is 82.5 Å². The molecule has 7 nitrogen and oxygen atoms in total. The van der Waals surface area contributed by atoms with Gasteiger partial charge in [-0.25, -0.2) is 9.69 Å². The largest absolute Gasteiger partial charge is 0.490 e. The lowest BCUT2D eigenvalue weighted by Crippen LogP contribution is -2.54. The summed E-state index contributed by atoms with van der Waals surface area (Å²) in [6.45, 7) is 2.43. The summed E-state index contributed by atoms with van der Waals surface area (Å²) in [5, 5.41) is 3.14. The zero-order valence-corrected chi connectivity index (χ0v) is 22.0. The van der Waals surface area contributed by atoms with Crippen LogP contribution in [0.2, 0.25) is 10.0 Å². The van der Waals surface area contributed by atoms with E-state index in [1.54, 1.807) is 42.5 Å². The number of halogens is 3. The molecule has 0 aromatic heterocycles. The number of rotatable bonds is 7. The summed E-state index contributed by atoms with van der Waals surface area (Å²) >= 11 is 15.6. The maximum Gasteiger partial charge on any atom is 0.335 e. The molecule has 1 aliphatic heterocycles. The monoisotopic (exact) mass is 588 g/mol. The minimum Gasteiger partial charge on any atom is -0.490 e. The summed E-state index contributed by atoms with van der Waals surface area (Å²) in [5.41, 5.74) is 1.37. The molecule has 4 amide bonds. The Kier molecular flexibility index (Phi) is 7.98. The molecule has 3 aromatic carbocycles. The van der Waals surface area contributed by atoms with E-state index in [9.17, 15) is 14.4 Å². The van der Waals surface area contributed by atoms with E-state index >= 15 is 0 Å². The summed E-state index contributed by atoms with van der Waals surface area (Å²) in [7, 11) is 0. The van der Waals surface area contributed by atoms with Crippen LogP contribution in [-0.4, -0.2) is 24.5 Å². The first-order chi connectivity index (χ1) is 17.3. The molecule has 0 atom stereocenters. The molecule has 10 heteroatoms. The Hall–Kier alpha value is -3.33. The van der Waals surface area contributed by atoms with Crippen molar-refractivity contribution in [3.8, 4) is 11.5 Å². The molecule has 4 rings (SSSR count). The number of anilines is 1. The third-order valence-electron chi connectivity index (χ3n) is 5.08. The normalized spacial score (nSPS) is 14.7. The molecular formula is C26H19BrCl2N2O5. The molecule has 3 aromatic rings. The minimum absolute atomic E-state index is 0.225. The van der Waals surface area contributed by atoms with Crippen LogP contribution in [0.4, 0.5) is 10.5 Å². The first kappa shape index (κ1) is 25.8. The number of carbonyl (C=O) groups is 3. The molecule has 1 fully saturated rings. The highest BCUT2D eigenvalue weighted by molar-refractivity contribution is 9.10. The number of nitrogens with zero attached hydrogens (tertiary/aromatic N) is 1. The minimum atomic E-state index is -0.856. The highest BCUT2D eigenvalue weighted by Gasteiger charge is 2.37. The fraction of sp³-hybridized carbons (Fsp3) is 0.115. The summed E-state index contributed by atoms with van der Waals surface area (Å²) in [6, 6.07) is 16.0. The van der Waals surface area contributed by atoms with Gasteiger partial charge in [0.15, 0.2) is 11.5 Å². The van der Waals surface area contributed by atoms with Gasteiger partial charge in [0.05, 0.1) is 16.8 Å². The average molecular weight is 590 g/mol. The number of ether oxygens (including phenoxy) is 2. The third kappa shape index (κ3) is 5.73. The third-order valence-corrected chi connectivity index (χ3v) is 6.14. The molecule has 0 bridgehead atoms. The predicted molar refractivity (Wildman–Crippen MR) is 142 cm³/mol. The van der Waals surface area contributed by atoms with Gasteiger partial charge in [-0.1, -0.05) is 41.4 Å². The summed E-state index contributed by atoms with van der Waals surface area (Å²) in [5.74, 6) is -0.721. The predicted octanol–water partition coefficient (Wildman–Crippen LogP) is 6.40. The molecule has 36 heavy (non-hydrogen) atoms. The van der Waals surface area contributed by atoms with Gasteiger partial charge in [-0.2, -0.15) is 0 Å². The van der Waals surface area contributed by atoms with Crippen LogP contribution in [0.3, 0.4) is 0 Å². The molecule has 1 N–H and O–H groups in total. The van der Waals surface area contributed by atoms with Gasteiger partial charge in [0.2, 0.25) is 0 Å². The number of imide groups is 2. The number of nitrogens with one attached hydrogen (secondary N) is 1. The Morgan fingerprint density at radius 3 is 2.39 bits per heavy atom. The van der Waals surface area contributed by atoms with Gasteiger partial charge in [0.1, 0.15) is 12.2 Å². The van der Waals surface area contributed by atoms with Crippen LogP contribution in [0.1, 0.15) is 18.1 Å². The highest BCUT2D eigenvalue weighted by atomic mass is 79.9. The lowest BCUT2D eigenvalue weighted by Gasteiger charge is -2.26. The van der Waals surface area contributed by atoms with Crippen LogP contribution in [0.25, 0.3) is 6.08 Å². The Balaban J connectivity index is 1.66. The number of barbiturate groups is 1. The topological polar surface area (TPSA) is 84.9 Å². The average Bonchev–Trinajstić information content (AvgIpc) is 2.81. The van der Waals surface area contributed by atoms with Crippen LogP contribution >= 0.6 is 39.1 Å². The summed E-state index contributed by atoms with van der Waals surface area (Å²) < 4.78 is 12.3. The quantitative estimate of drug-likeness (QED) is 0.255. The number of carbonyl (C=O) groups excluding carboxylic acids is 3. The van der Waals surface area contributed by atoms with Crippen molar-refractivity contribution in [2.75, 3.05) is 11.5 Å². The molecule has 0 unspecified atom stereocenters. The van der Waals surface area contributed by atoms with Crippen molar-refractivity contribution in [3.05, 3.63) is 91.9 Å². The van der Waals surface area contributed by atoms with Gasteiger partial charge in [-0.15, -0.1) is 0 Å². The number of urea groups is 1.